The van der Waals surface area contributed by atoms with Crippen LogP contribution >= 0.6 is 0 Å². The molecule has 2 nitrogen and oxygen atoms in total. The third kappa shape index (κ3) is 4.46. The van der Waals surface area contributed by atoms with Crippen molar-refractivity contribution in [3.63, 3.8) is 0 Å². The van der Waals surface area contributed by atoms with Crippen molar-refractivity contribution in [1.29, 1.82) is 0 Å². The highest BCUT2D eigenvalue weighted by Crippen LogP contribution is 2.49. The Morgan fingerprint density at radius 2 is 2.05 bits per heavy atom. The van der Waals surface area contributed by atoms with Gasteiger partial charge in [-0.05, 0) is 59.3 Å². The monoisotopic (exact) mass is 292 g/mol. The Kier molecular flexibility index (Phi) is 5.83. The molecule has 0 aromatic rings. The average Bonchev–Trinajstić information content (AvgIpc) is 2.31. The lowest BCUT2D eigenvalue weighted by atomic mass is 9.60. The summed E-state index contributed by atoms with van der Waals surface area (Å²) in [4.78, 5) is 11.4. The molecule has 0 bridgehead atoms. The standard InChI is InChI=1S/C19H32O2/c1-14(2)9-8-10-17-11-12-19(7,15(3)13-17)18(5,6)21-16(4)20/h9,11,15H,8,10,12-13H2,1-7H3. The van der Waals surface area contributed by atoms with Crippen molar-refractivity contribution in [2.24, 2.45) is 11.3 Å². The van der Waals surface area contributed by atoms with Crippen molar-refractivity contribution in [3.8, 4) is 0 Å². The van der Waals surface area contributed by atoms with Crippen molar-refractivity contribution in [2.45, 2.75) is 79.8 Å². The van der Waals surface area contributed by atoms with Crippen molar-refractivity contribution in [1.82, 2.24) is 0 Å². The molecule has 0 aliphatic heterocycles. The van der Waals surface area contributed by atoms with Gasteiger partial charge in [0, 0.05) is 12.3 Å². The first-order valence-corrected chi connectivity index (χ1v) is 8.09. The molecule has 120 valence electrons. The second-order valence-electron chi connectivity index (χ2n) is 7.51. The smallest absolute Gasteiger partial charge is 0.303 e. The molecular weight excluding hydrogens is 260 g/mol. The van der Waals surface area contributed by atoms with Crippen LogP contribution in [0.4, 0.5) is 0 Å². The van der Waals surface area contributed by atoms with Crippen molar-refractivity contribution in [2.75, 3.05) is 0 Å². The van der Waals surface area contributed by atoms with Gasteiger partial charge in [0.15, 0.2) is 0 Å². The first kappa shape index (κ1) is 18.0. The molecule has 2 heteroatoms. The van der Waals surface area contributed by atoms with Gasteiger partial charge in [-0.1, -0.05) is 37.1 Å². The summed E-state index contributed by atoms with van der Waals surface area (Å²) < 4.78 is 5.62. The van der Waals surface area contributed by atoms with Gasteiger partial charge in [-0.15, -0.1) is 0 Å². The third-order valence-corrected chi connectivity index (χ3v) is 5.26. The molecule has 0 aromatic heterocycles. The molecule has 0 heterocycles. The summed E-state index contributed by atoms with van der Waals surface area (Å²) in [5.74, 6) is 0.324. The molecule has 0 N–H and O–H groups in total. The zero-order valence-corrected chi connectivity index (χ0v) is 14.9. The topological polar surface area (TPSA) is 26.3 Å². The van der Waals surface area contributed by atoms with Gasteiger partial charge < -0.3 is 4.74 Å². The third-order valence-electron chi connectivity index (χ3n) is 5.26. The van der Waals surface area contributed by atoms with Crippen LogP contribution in [-0.2, 0) is 9.53 Å². The van der Waals surface area contributed by atoms with Crippen LogP contribution in [0.5, 0.6) is 0 Å². The molecule has 2 unspecified atom stereocenters. The minimum Gasteiger partial charge on any atom is -0.459 e. The average molecular weight is 292 g/mol. The molecule has 2 atom stereocenters. The number of carbonyl (C=O) groups excluding carboxylic acids is 1. The molecule has 1 rings (SSSR count). The lowest BCUT2D eigenvalue weighted by molar-refractivity contribution is -0.172. The largest absolute Gasteiger partial charge is 0.459 e. The number of ether oxygens (including phenoxy) is 1. The Bertz CT molecular complexity index is 438. The fraction of sp³-hybridized carbons (Fsp3) is 0.737. The molecule has 1 aliphatic rings. The molecule has 1 aliphatic carbocycles. The van der Waals surface area contributed by atoms with Gasteiger partial charge in [-0.3, -0.25) is 4.79 Å². The molecule has 0 radical (unpaired) electrons. The van der Waals surface area contributed by atoms with E-state index in [1.54, 1.807) is 5.57 Å². The van der Waals surface area contributed by atoms with Crippen LogP contribution in [0.3, 0.4) is 0 Å². The predicted octanol–water partition coefficient (Wildman–Crippen LogP) is 5.44. The maximum Gasteiger partial charge on any atom is 0.303 e. The van der Waals surface area contributed by atoms with E-state index in [2.05, 4.69) is 39.8 Å². The number of rotatable bonds is 5. The van der Waals surface area contributed by atoms with E-state index in [9.17, 15) is 4.79 Å². The van der Waals surface area contributed by atoms with Gasteiger partial charge in [0.25, 0.3) is 0 Å². The van der Waals surface area contributed by atoms with Crippen LogP contribution in [0.1, 0.15) is 74.1 Å². The second kappa shape index (κ2) is 6.81. The Labute approximate surface area is 130 Å². The molecule has 0 fully saturated rings. The number of esters is 1. The van der Waals surface area contributed by atoms with Gasteiger partial charge >= 0.3 is 5.97 Å². The number of allylic oxidation sites excluding steroid dienone is 4. The van der Waals surface area contributed by atoms with Crippen LogP contribution in [0.15, 0.2) is 23.3 Å². The van der Waals surface area contributed by atoms with E-state index in [4.69, 9.17) is 4.74 Å². The summed E-state index contributed by atoms with van der Waals surface area (Å²) in [6, 6.07) is 0. The van der Waals surface area contributed by atoms with Crippen molar-refractivity contribution < 1.29 is 9.53 Å². The summed E-state index contributed by atoms with van der Waals surface area (Å²) in [7, 11) is 0. The number of carbonyl (C=O) groups is 1. The van der Waals surface area contributed by atoms with Gasteiger partial charge in [0.1, 0.15) is 5.60 Å². The Balaban J connectivity index is 2.79. The van der Waals surface area contributed by atoms with E-state index in [0.717, 1.165) is 25.7 Å². The lowest BCUT2D eigenvalue weighted by Gasteiger charge is -2.49. The maximum absolute atomic E-state index is 11.4. The summed E-state index contributed by atoms with van der Waals surface area (Å²) in [6.45, 7) is 14.4. The van der Waals surface area contributed by atoms with Crippen molar-refractivity contribution in [3.05, 3.63) is 23.3 Å². The van der Waals surface area contributed by atoms with Crippen LogP contribution < -0.4 is 0 Å². The zero-order valence-electron chi connectivity index (χ0n) is 14.9. The highest BCUT2D eigenvalue weighted by molar-refractivity contribution is 5.66. The number of hydrogen-bond acceptors (Lipinski definition) is 2. The van der Waals surface area contributed by atoms with E-state index < -0.39 is 5.60 Å². The molecule has 0 saturated heterocycles. The fourth-order valence-corrected chi connectivity index (χ4v) is 3.32. The van der Waals surface area contributed by atoms with Crippen LogP contribution in [0.2, 0.25) is 0 Å². The molecular formula is C19H32O2. The van der Waals surface area contributed by atoms with E-state index in [1.165, 1.54) is 12.5 Å². The normalized spacial score (nSPS) is 26.0. The molecule has 21 heavy (non-hydrogen) atoms. The molecule has 0 spiro atoms. The Morgan fingerprint density at radius 1 is 1.43 bits per heavy atom. The van der Waals surface area contributed by atoms with Gasteiger partial charge in [0.2, 0.25) is 0 Å². The van der Waals surface area contributed by atoms with E-state index in [0.29, 0.717) is 5.92 Å². The van der Waals surface area contributed by atoms with Gasteiger partial charge in [-0.2, -0.15) is 0 Å². The number of hydrogen-bond donors (Lipinski definition) is 0. The first-order chi connectivity index (χ1) is 9.58. The Morgan fingerprint density at radius 3 is 2.52 bits per heavy atom. The highest BCUT2D eigenvalue weighted by atomic mass is 16.6. The first-order valence-electron chi connectivity index (χ1n) is 8.09. The molecule has 0 saturated carbocycles. The van der Waals surface area contributed by atoms with Gasteiger partial charge in [-0.25, -0.2) is 0 Å². The van der Waals surface area contributed by atoms with Crippen LogP contribution in [-0.4, -0.2) is 11.6 Å². The minimum atomic E-state index is -0.430. The van der Waals surface area contributed by atoms with E-state index in [1.807, 2.05) is 13.8 Å². The summed E-state index contributed by atoms with van der Waals surface area (Å²) >= 11 is 0. The maximum atomic E-state index is 11.4. The summed E-state index contributed by atoms with van der Waals surface area (Å²) in [6.07, 6.45) is 9.06. The minimum absolute atomic E-state index is 0.00131. The van der Waals surface area contributed by atoms with Crippen molar-refractivity contribution >= 4 is 5.97 Å². The molecule has 0 aromatic carbocycles. The van der Waals surface area contributed by atoms with Gasteiger partial charge in [0.05, 0.1) is 0 Å². The predicted molar refractivity (Wildman–Crippen MR) is 89.1 cm³/mol. The SMILES string of the molecule is CC(=O)OC(C)(C)C1(C)CC=C(CCC=C(C)C)CC1C. The Hall–Kier alpha value is -1.05. The zero-order chi connectivity index (χ0) is 16.3. The molecule has 0 amide bonds. The summed E-state index contributed by atoms with van der Waals surface area (Å²) in [5, 5.41) is 0. The second-order valence-corrected chi connectivity index (χ2v) is 7.51. The lowest BCUT2D eigenvalue weighted by Crippen LogP contribution is -2.49. The quantitative estimate of drug-likeness (QED) is 0.498. The highest BCUT2D eigenvalue weighted by Gasteiger charge is 2.48. The summed E-state index contributed by atoms with van der Waals surface area (Å²) in [5.41, 5.74) is 2.51. The van der Waals surface area contributed by atoms with Crippen LogP contribution in [0, 0.1) is 11.3 Å². The fourth-order valence-electron chi connectivity index (χ4n) is 3.32. The van der Waals surface area contributed by atoms with Crippen LogP contribution in [0.25, 0.3) is 0 Å². The van der Waals surface area contributed by atoms with E-state index >= 15 is 0 Å². The van der Waals surface area contributed by atoms with E-state index in [-0.39, 0.29) is 11.4 Å².